The lowest BCUT2D eigenvalue weighted by Crippen LogP contribution is -2.09. The van der Waals surface area contributed by atoms with Gasteiger partial charge in [-0.15, -0.1) is 0 Å². The maximum atomic E-state index is 13.5. The molecule has 0 heterocycles. The van der Waals surface area contributed by atoms with Crippen molar-refractivity contribution in [2.45, 2.75) is 0 Å². The standard InChI is InChI=1S/C15H10ClF2NO/c16-11-4-7-14(13(18)9-11)19-15(20)8-3-10-1-5-12(17)6-2-10/h1-9H,(H,19,20). The van der Waals surface area contributed by atoms with E-state index in [0.717, 1.165) is 6.07 Å². The molecule has 0 aliphatic heterocycles. The Morgan fingerprint density at radius 1 is 1.10 bits per heavy atom. The molecule has 0 radical (unpaired) electrons. The van der Waals surface area contributed by atoms with Gasteiger partial charge in [0.15, 0.2) is 0 Å². The highest BCUT2D eigenvalue weighted by atomic mass is 35.5. The highest BCUT2D eigenvalue weighted by molar-refractivity contribution is 6.30. The first-order valence-electron chi connectivity index (χ1n) is 5.74. The Labute approximate surface area is 119 Å². The predicted molar refractivity (Wildman–Crippen MR) is 75.5 cm³/mol. The van der Waals surface area contributed by atoms with Gasteiger partial charge < -0.3 is 5.32 Å². The number of hydrogen-bond acceptors (Lipinski definition) is 1. The van der Waals surface area contributed by atoms with Crippen LogP contribution in [0.3, 0.4) is 0 Å². The molecule has 0 aromatic heterocycles. The van der Waals surface area contributed by atoms with Crippen molar-refractivity contribution in [1.82, 2.24) is 0 Å². The molecule has 2 aromatic rings. The molecule has 1 amide bonds. The third-order valence-electron chi connectivity index (χ3n) is 2.49. The fourth-order valence-electron chi connectivity index (χ4n) is 1.51. The molecule has 2 aromatic carbocycles. The zero-order valence-corrected chi connectivity index (χ0v) is 11.0. The smallest absolute Gasteiger partial charge is 0.248 e. The van der Waals surface area contributed by atoms with Crippen LogP contribution >= 0.6 is 11.6 Å². The zero-order chi connectivity index (χ0) is 14.5. The first-order valence-corrected chi connectivity index (χ1v) is 6.12. The van der Waals surface area contributed by atoms with Crippen LogP contribution in [-0.4, -0.2) is 5.91 Å². The van der Waals surface area contributed by atoms with E-state index in [-0.39, 0.29) is 16.5 Å². The van der Waals surface area contributed by atoms with Crippen molar-refractivity contribution in [3.63, 3.8) is 0 Å². The number of benzene rings is 2. The second kappa shape index (κ2) is 6.30. The molecule has 0 saturated carbocycles. The van der Waals surface area contributed by atoms with E-state index in [9.17, 15) is 13.6 Å². The van der Waals surface area contributed by atoms with E-state index in [0.29, 0.717) is 5.56 Å². The minimum Gasteiger partial charge on any atom is -0.320 e. The highest BCUT2D eigenvalue weighted by Crippen LogP contribution is 2.18. The van der Waals surface area contributed by atoms with Gasteiger partial charge >= 0.3 is 0 Å². The average molecular weight is 294 g/mol. The summed E-state index contributed by atoms with van der Waals surface area (Å²) in [5.74, 6) is -1.45. The number of carbonyl (C=O) groups excluding carboxylic acids is 1. The summed E-state index contributed by atoms with van der Waals surface area (Å²) in [6.07, 6.45) is 2.74. The summed E-state index contributed by atoms with van der Waals surface area (Å²) in [7, 11) is 0. The minimum absolute atomic E-state index is 0.0446. The Morgan fingerprint density at radius 3 is 2.45 bits per heavy atom. The second-order valence-corrected chi connectivity index (χ2v) is 4.43. The highest BCUT2D eigenvalue weighted by Gasteiger charge is 2.05. The number of halogens is 3. The van der Waals surface area contributed by atoms with Crippen LogP contribution in [0.15, 0.2) is 48.5 Å². The van der Waals surface area contributed by atoms with Gasteiger partial charge in [0.05, 0.1) is 5.69 Å². The van der Waals surface area contributed by atoms with E-state index in [2.05, 4.69) is 5.32 Å². The molecule has 2 nitrogen and oxygen atoms in total. The molecule has 20 heavy (non-hydrogen) atoms. The Bertz CT molecular complexity index is 653. The van der Waals surface area contributed by atoms with E-state index in [1.54, 1.807) is 0 Å². The molecule has 1 N–H and O–H groups in total. The number of amides is 1. The molecule has 0 atom stereocenters. The fraction of sp³-hybridized carbons (Fsp3) is 0. The van der Waals surface area contributed by atoms with Crippen molar-refractivity contribution in [3.05, 3.63) is 70.8 Å². The van der Waals surface area contributed by atoms with Gasteiger partial charge in [0.2, 0.25) is 5.91 Å². The molecule has 0 aliphatic carbocycles. The number of nitrogens with one attached hydrogen (secondary N) is 1. The van der Waals surface area contributed by atoms with Gasteiger partial charge in [-0.3, -0.25) is 4.79 Å². The molecule has 0 unspecified atom stereocenters. The lowest BCUT2D eigenvalue weighted by atomic mass is 10.2. The van der Waals surface area contributed by atoms with Crippen molar-refractivity contribution >= 4 is 29.3 Å². The van der Waals surface area contributed by atoms with Gasteiger partial charge in [-0.05, 0) is 42.0 Å². The predicted octanol–water partition coefficient (Wildman–Crippen LogP) is 4.27. The molecule has 0 spiro atoms. The van der Waals surface area contributed by atoms with E-state index in [1.807, 2.05) is 0 Å². The molecule has 102 valence electrons. The van der Waals surface area contributed by atoms with Crippen LogP contribution in [0, 0.1) is 11.6 Å². The Balaban J connectivity index is 2.03. The third kappa shape index (κ3) is 3.90. The summed E-state index contributed by atoms with van der Waals surface area (Å²) in [5.41, 5.74) is 0.710. The lowest BCUT2D eigenvalue weighted by Gasteiger charge is -2.03. The summed E-state index contributed by atoms with van der Waals surface area (Å²) in [6.45, 7) is 0. The molecule has 2 rings (SSSR count). The Kier molecular flexibility index (Phi) is 4.48. The van der Waals surface area contributed by atoms with Gasteiger partial charge in [0.1, 0.15) is 11.6 Å². The van der Waals surface area contributed by atoms with E-state index in [4.69, 9.17) is 11.6 Å². The second-order valence-electron chi connectivity index (χ2n) is 4.00. The largest absolute Gasteiger partial charge is 0.320 e. The molecule has 0 saturated heterocycles. The van der Waals surface area contributed by atoms with Crippen LogP contribution < -0.4 is 5.32 Å². The quantitative estimate of drug-likeness (QED) is 0.841. The van der Waals surface area contributed by atoms with Crippen molar-refractivity contribution in [3.8, 4) is 0 Å². The lowest BCUT2D eigenvalue weighted by molar-refractivity contribution is -0.111. The van der Waals surface area contributed by atoms with Crippen LogP contribution in [0.2, 0.25) is 5.02 Å². The molecule has 5 heteroatoms. The zero-order valence-electron chi connectivity index (χ0n) is 10.2. The van der Waals surface area contributed by atoms with Crippen LogP contribution in [0.25, 0.3) is 6.08 Å². The van der Waals surface area contributed by atoms with Gasteiger partial charge in [-0.25, -0.2) is 8.78 Å². The topological polar surface area (TPSA) is 29.1 Å². The molecular formula is C15H10ClF2NO. The summed E-state index contributed by atoms with van der Waals surface area (Å²) >= 11 is 5.61. The van der Waals surface area contributed by atoms with Gasteiger partial charge in [-0.1, -0.05) is 23.7 Å². The summed E-state index contributed by atoms with van der Waals surface area (Å²) in [4.78, 5) is 11.6. The monoisotopic (exact) mass is 293 g/mol. The molecule has 0 fully saturated rings. The minimum atomic E-state index is -0.610. The van der Waals surface area contributed by atoms with Crippen LogP contribution in [0.4, 0.5) is 14.5 Å². The SMILES string of the molecule is O=C(C=Cc1ccc(F)cc1)Nc1ccc(Cl)cc1F. The average Bonchev–Trinajstić information content (AvgIpc) is 2.41. The van der Waals surface area contributed by atoms with Crippen molar-refractivity contribution in [2.75, 3.05) is 5.32 Å². The summed E-state index contributed by atoms with van der Waals surface area (Å²) in [5, 5.41) is 2.64. The van der Waals surface area contributed by atoms with Crippen molar-refractivity contribution in [2.24, 2.45) is 0 Å². The number of anilines is 1. The fourth-order valence-corrected chi connectivity index (χ4v) is 1.67. The van der Waals surface area contributed by atoms with Crippen LogP contribution in [-0.2, 0) is 4.79 Å². The van der Waals surface area contributed by atoms with Crippen LogP contribution in [0.5, 0.6) is 0 Å². The van der Waals surface area contributed by atoms with E-state index >= 15 is 0 Å². The van der Waals surface area contributed by atoms with E-state index < -0.39 is 11.7 Å². The molecule has 0 aliphatic rings. The number of rotatable bonds is 3. The maximum absolute atomic E-state index is 13.5. The normalized spacial score (nSPS) is 10.8. The van der Waals surface area contributed by atoms with Gasteiger partial charge in [0, 0.05) is 11.1 Å². The van der Waals surface area contributed by atoms with Crippen LogP contribution in [0.1, 0.15) is 5.56 Å². The number of hydrogen-bond donors (Lipinski definition) is 1. The van der Waals surface area contributed by atoms with Crippen molar-refractivity contribution < 1.29 is 13.6 Å². The van der Waals surface area contributed by atoms with Gasteiger partial charge in [0.25, 0.3) is 0 Å². The van der Waals surface area contributed by atoms with Crippen molar-refractivity contribution in [1.29, 1.82) is 0 Å². The summed E-state index contributed by atoms with van der Waals surface area (Å²) in [6, 6.07) is 9.60. The third-order valence-corrected chi connectivity index (χ3v) is 2.72. The summed E-state index contributed by atoms with van der Waals surface area (Å²) < 4.78 is 26.1. The first kappa shape index (κ1) is 14.2. The van der Waals surface area contributed by atoms with E-state index in [1.165, 1.54) is 48.6 Å². The molecular weight excluding hydrogens is 284 g/mol. The first-order chi connectivity index (χ1) is 9.54. The van der Waals surface area contributed by atoms with Gasteiger partial charge in [-0.2, -0.15) is 0 Å². The molecule has 0 bridgehead atoms. The maximum Gasteiger partial charge on any atom is 0.248 e. The Morgan fingerprint density at radius 2 is 1.80 bits per heavy atom. The number of carbonyl (C=O) groups is 1. The Hall–Kier alpha value is -2.20.